The number of carbonyl (C=O) groups excluding carboxylic acids is 3. The van der Waals surface area contributed by atoms with Gasteiger partial charge >= 0.3 is 5.97 Å². The molecule has 1 N–H and O–H groups in total. The summed E-state index contributed by atoms with van der Waals surface area (Å²) in [5.74, 6) is -1.64. The number of hydrogen-bond acceptors (Lipinski definition) is 6. The number of allylic oxidation sites excluding steroid dienone is 2. The van der Waals surface area contributed by atoms with Crippen molar-refractivity contribution in [1.82, 2.24) is 0 Å². The monoisotopic (exact) mass is 346 g/mol. The molecule has 1 spiro atoms. The molecular formula is C20H10O6. The summed E-state index contributed by atoms with van der Waals surface area (Å²) in [6, 6.07) is 11.3. The van der Waals surface area contributed by atoms with Crippen LogP contribution in [0.25, 0.3) is 0 Å². The van der Waals surface area contributed by atoms with E-state index in [1.165, 1.54) is 12.1 Å². The van der Waals surface area contributed by atoms with E-state index >= 15 is 0 Å². The molecule has 1 aliphatic carbocycles. The second-order valence-electron chi connectivity index (χ2n) is 6.19. The third kappa shape index (κ3) is 1.68. The van der Waals surface area contributed by atoms with E-state index in [-0.39, 0.29) is 17.3 Å². The molecule has 2 aromatic carbocycles. The Balaban J connectivity index is 1.90. The second kappa shape index (κ2) is 4.70. The van der Waals surface area contributed by atoms with Gasteiger partial charge in [0.2, 0.25) is 11.6 Å². The van der Waals surface area contributed by atoms with Gasteiger partial charge < -0.3 is 14.6 Å². The van der Waals surface area contributed by atoms with Crippen LogP contribution in [0.2, 0.25) is 0 Å². The molecule has 2 heterocycles. The number of rotatable bonds is 0. The van der Waals surface area contributed by atoms with E-state index in [1.54, 1.807) is 30.3 Å². The summed E-state index contributed by atoms with van der Waals surface area (Å²) in [6.45, 7) is 0. The van der Waals surface area contributed by atoms with E-state index in [0.29, 0.717) is 22.3 Å². The molecule has 0 amide bonds. The van der Waals surface area contributed by atoms with Crippen molar-refractivity contribution in [2.45, 2.75) is 5.60 Å². The predicted octanol–water partition coefficient (Wildman–Crippen LogP) is 2.16. The Labute approximate surface area is 147 Å². The fourth-order valence-electron chi connectivity index (χ4n) is 3.67. The van der Waals surface area contributed by atoms with E-state index in [4.69, 9.17) is 9.47 Å². The standard InChI is InChI=1S/C20H10O6/c21-10-5-6-13-17(7-10)25-18-9-16(23)15(22)8-14(18)20(13)12-4-2-1-3-11(12)19(24)26-20/h1-9,21H. The molecule has 0 saturated heterocycles. The highest BCUT2D eigenvalue weighted by atomic mass is 16.6. The van der Waals surface area contributed by atoms with Crippen LogP contribution < -0.4 is 4.74 Å². The van der Waals surface area contributed by atoms with Gasteiger partial charge in [0, 0.05) is 29.3 Å². The van der Waals surface area contributed by atoms with Gasteiger partial charge in [-0.25, -0.2) is 4.79 Å². The normalized spacial score (nSPS) is 22.7. The van der Waals surface area contributed by atoms with Crippen molar-refractivity contribution >= 4 is 17.5 Å². The third-order valence-electron chi connectivity index (χ3n) is 4.76. The zero-order valence-corrected chi connectivity index (χ0v) is 13.2. The van der Waals surface area contributed by atoms with Gasteiger partial charge in [0.05, 0.1) is 11.1 Å². The third-order valence-corrected chi connectivity index (χ3v) is 4.76. The number of ketones is 2. The molecular weight excluding hydrogens is 336 g/mol. The fraction of sp³-hybridized carbons (Fsp3) is 0.0500. The van der Waals surface area contributed by atoms with Gasteiger partial charge in [0.15, 0.2) is 5.60 Å². The van der Waals surface area contributed by atoms with Gasteiger partial charge in [-0.1, -0.05) is 18.2 Å². The van der Waals surface area contributed by atoms with Crippen LogP contribution in [-0.4, -0.2) is 22.6 Å². The molecule has 0 radical (unpaired) electrons. The molecule has 0 fully saturated rings. The Kier molecular flexibility index (Phi) is 2.65. The Morgan fingerprint density at radius 1 is 0.885 bits per heavy atom. The molecule has 6 nitrogen and oxygen atoms in total. The van der Waals surface area contributed by atoms with Crippen molar-refractivity contribution in [1.29, 1.82) is 0 Å². The van der Waals surface area contributed by atoms with E-state index in [9.17, 15) is 19.5 Å². The molecule has 2 aromatic rings. The maximum Gasteiger partial charge on any atom is 0.340 e. The summed E-state index contributed by atoms with van der Waals surface area (Å²) >= 11 is 0. The SMILES string of the molecule is O=C1C=C2Oc3cc(O)ccc3C3(OC(=O)c4ccccc43)C2=CC1=O. The summed E-state index contributed by atoms with van der Waals surface area (Å²) in [4.78, 5) is 36.4. The number of phenolic OH excluding ortho intramolecular Hbond substituents is 1. The average molecular weight is 346 g/mol. The first-order chi connectivity index (χ1) is 12.5. The Morgan fingerprint density at radius 2 is 1.65 bits per heavy atom. The largest absolute Gasteiger partial charge is 0.508 e. The number of ether oxygens (including phenoxy) is 2. The zero-order valence-electron chi connectivity index (χ0n) is 13.2. The lowest BCUT2D eigenvalue weighted by molar-refractivity contribution is -0.131. The van der Waals surface area contributed by atoms with Crippen LogP contribution in [0.15, 0.2) is 65.9 Å². The first-order valence-electron chi connectivity index (χ1n) is 7.87. The lowest BCUT2D eigenvalue weighted by Crippen LogP contribution is -2.38. The molecule has 1 unspecified atom stereocenters. The van der Waals surface area contributed by atoms with Gasteiger partial charge in [-0.15, -0.1) is 0 Å². The fourth-order valence-corrected chi connectivity index (χ4v) is 3.67. The molecule has 0 aromatic heterocycles. The highest BCUT2D eigenvalue weighted by Crippen LogP contribution is 2.55. The van der Waals surface area contributed by atoms with Gasteiger partial charge in [0.25, 0.3) is 0 Å². The summed E-state index contributed by atoms with van der Waals surface area (Å²) in [5.41, 5.74) is 0.284. The minimum absolute atomic E-state index is 0.0391. The quantitative estimate of drug-likeness (QED) is 0.447. The second-order valence-corrected chi connectivity index (χ2v) is 6.19. The van der Waals surface area contributed by atoms with Crippen LogP contribution in [0.3, 0.4) is 0 Å². The van der Waals surface area contributed by atoms with Crippen molar-refractivity contribution in [3.63, 3.8) is 0 Å². The minimum Gasteiger partial charge on any atom is -0.508 e. The summed E-state index contributed by atoms with van der Waals surface area (Å²) < 4.78 is 11.5. The molecule has 126 valence electrons. The number of esters is 1. The van der Waals surface area contributed by atoms with Crippen molar-refractivity contribution in [3.8, 4) is 11.5 Å². The van der Waals surface area contributed by atoms with Crippen molar-refractivity contribution < 1.29 is 29.0 Å². The number of phenols is 1. The number of benzene rings is 2. The lowest BCUT2D eigenvalue weighted by atomic mass is 9.75. The molecule has 3 aliphatic rings. The van der Waals surface area contributed by atoms with E-state index in [1.807, 2.05) is 0 Å². The maximum absolute atomic E-state index is 12.5. The van der Waals surface area contributed by atoms with Crippen LogP contribution in [0.5, 0.6) is 11.5 Å². The van der Waals surface area contributed by atoms with Crippen molar-refractivity contribution in [2.75, 3.05) is 0 Å². The van der Waals surface area contributed by atoms with Crippen molar-refractivity contribution in [3.05, 3.63) is 82.6 Å². The molecule has 6 heteroatoms. The van der Waals surface area contributed by atoms with Crippen molar-refractivity contribution in [2.24, 2.45) is 0 Å². The summed E-state index contributed by atoms with van der Waals surface area (Å²) in [5, 5.41) is 9.81. The van der Waals surface area contributed by atoms with Crippen LogP contribution in [0.1, 0.15) is 21.5 Å². The van der Waals surface area contributed by atoms with Gasteiger partial charge in [0.1, 0.15) is 17.3 Å². The molecule has 1 atom stereocenters. The highest BCUT2D eigenvalue weighted by Gasteiger charge is 2.56. The number of aromatic hydroxyl groups is 1. The lowest BCUT2D eigenvalue weighted by Gasteiger charge is -2.38. The van der Waals surface area contributed by atoms with Crippen LogP contribution in [-0.2, 0) is 19.9 Å². The topological polar surface area (TPSA) is 89.9 Å². The Hall–Kier alpha value is -3.67. The van der Waals surface area contributed by atoms with E-state index < -0.39 is 23.1 Å². The highest BCUT2D eigenvalue weighted by molar-refractivity contribution is 6.46. The molecule has 0 bridgehead atoms. The van der Waals surface area contributed by atoms with Crippen LogP contribution in [0.4, 0.5) is 0 Å². The number of hydrogen-bond donors (Lipinski definition) is 1. The van der Waals surface area contributed by atoms with Crippen LogP contribution >= 0.6 is 0 Å². The smallest absolute Gasteiger partial charge is 0.340 e. The minimum atomic E-state index is -1.41. The predicted molar refractivity (Wildman–Crippen MR) is 87.6 cm³/mol. The number of carbonyl (C=O) groups is 3. The molecule has 26 heavy (non-hydrogen) atoms. The molecule has 0 saturated carbocycles. The van der Waals surface area contributed by atoms with E-state index in [0.717, 1.165) is 12.2 Å². The van der Waals surface area contributed by atoms with Crippen LogP contribution in [0, 0.1) is 0 Å². The maximum atomic E-state index is 12.5. The molecule has 2 aliphatic heterocycles. The average Bonchev–Trinajstić information content (AvgIpc) is 2.91. The van der Waals surface area contributed by atoms with E-state index in [2.05, 4.69) is 0 Å². The summed E-state index contributed by atoms with van der Waals surface area (Å²) in [7, 11) is 0. The number of fused-ring (bicyclic) bond motifs is 6. The Bertz CT molecular complexity index is 1110. The first-order valence-corrected chi connectivity index (χ1v) is 7.87. The summed E-state index contributed by atoms with van der Waals surface area (Å²) in [6.07, 6.45) is 2.24. The molecule has 5 rings (SSSR count). The Morgan fingerprint density at radius 3 is 2.50 bits per heavy atom. The van der Waals surface area contributed by atoms with Gasteiger partial charge in [-0.2, -0.15) is 0 Å². The first kappa shape index (κ1) is 14.7. The van der Waals surface area contributed by atoms with Gasteiger partial charge in [-0.3, -0.25) is 9.59 Å². The van der Waals surface area contributed by atoms with Gasteiger partial charge in [-0.05, 0) is 18.2 Å². The zero-order chi connectivity index (χ0) is 18.1.